The number of piperidine rings is 2. The van der Waals surface area contributed by atoms with E-state index >= 15 is 0 Å². The Bertz CT molecular complexity index is 136. The highest BCUT2D eigenvalue weighted by Gasteiger charge is 2.32. The molecule has 2 bridgehead atoms. The van der Waals surface area contributed by atoms with Crippen LogP contribution in [0.25, 0.3) is 0 Å². The van der Waals surface area contributed by atoms with Crippen molar-refractivity contribution in [2.45, 2.75) is 50.6 Å². The van der Waals surface area contributed by atoms with Gasteiger partial charge in [0.2, 0.25) is 0 Å². The van der Waals surface area contributed by atoms with Crippen LogP contribution in [0, 0.1) is 0 Å². The topological polar surface area (TPSA) is 15.3 Å². The maximum Gasteiger partial charge on any atom is 0.0113 e. The van der Waals surface area contributed by atoms with Crippen molar-refractivity contribution in [2.75, 3.05) is 20.1 Å². The molecule has 2 rings (SSSR count). The van der Waals surface area contributed by atoms with E-state index in [-0.39, 0.29) is 0 Å². The summed E-state index contributed by atoms with van der Waals surface area (Å²) in [5, 5.41) is 3.26. The lowest BCUT2D eigenvalue weighted by molar-refractivity contribution is 0.0421. The number of hydrogen-bond donors (Lipinski definition) is 1. The van der Waals surface area contributed by atoms with Crippen LogP contribution in [0.1, 0.15) is 38.5 Å². The highest BCUT2D eigenvalue weighted by atomic mass is 15.2. The van der Waals surface area contributed by atoms with Crippen molar-refractivity contribution in [2.24, 2.45) is 0 Å². The van der Waals surface area contributed by atoms with E-state index in [4.69, 9.17) is 0 Å². The van der Waals surface area contributed by atoms with Crippen LogP contribution in [0.2, 0.25) is 0 Å². The molecular formula is C11H22N2. The molecule has 0 amide bonds. The molecule has 0 radical (unpaired) electrons. The molecular weight excluding hydrogens is 160 g/mol. The number of fused-ring (bicyclic) bond motifs is 2. The van der Waals surface area contributed by atoms with Gasteiger partial charge in [-0.2, -0.15) is 0 Å². The minimum Gasteiger partial charge on any atom is -0.318 e. The average molecular weight is 182 g/mol. The SMILES string of the molecule is CNCCN1C2CCCC1CCC2. The van der Waals surface area contributed by atoms with Crippen LogP contribution in [0.3, 0.4) is 0 Å². The molecule has 2 aliphatic rings. The van der Waals surface area contributed by atoms with Gasteiger partial charge in [-0.15, -0.1) is 0 Å². The Kier molecular flexibility index (Phi) is 3.23. The zero-order valence-corrected chi connectivity index (χ0v) is 8.76. The first-order valence-corrected chi connectivity index (χ1v) is 5.82. The molecule has 2 nitrogen and oxygen atoms in total. The molecule has 2 aliphatic heterocycles. The predicted octanol–water partition coefficient (Wildman–Crippen LogP) is 1.61. The molecule has 2 fully saturated rings. The molecule has 2 saturated heterocycles. The third-order valence-corrected chi connectivity index (χ3v) is 3.71. The lowest BCUT2D eigenvalue weighted by Gasteiger charge is -2.46. The van der Waals surface area contributed by atoms with Crippen molar-refractivity contribution in [3.05, 3.63) is 0 Å². The zero-order valence-electron chi connectivity index (χ0n) is 8.76. The molecule has 0 atom stereocenters. The first kappa shape index (κ1) is 9.47. The summed E-state index contributed by atoms with van der Waals surface area (Å²) < 4.78 is 0. The molecule has 2 heteroatoms. The summed E-state index contributed by atoms with van der Waals surface area (Å²) in [7, 11) is 2.06. The van der Waals surface area contributed by atoms with Crippen molar-refractivity contribution in [1.82, 2.24) is 10.2 Å². The Morgan fingerprint density at radius 2 is 1.62 bits per heavy atom. The predicted molar refractivity (Wildman–Crippen MR) is 55.9 cm³/mol. The third kappa shape index (κ3) is 2.05. The van der Waals surface area contributed by atoms with E-state index in [1.165, 1.54) is 45.1 Å². The van der Waals surface area contributed by atoms with Gasteiger partial charge in [0, 0.05) is 25.2 Å². The Morgan fingerprint density at radius 3 is 2.08 bits per heavy atom. The smallest absolute Gasteiger partial charge is 0.0113 e. The first-order valence-electron chi connectivity index (χ1n) is 5.82. The van der Waals surface area contributed by atoms with Gasteiger partial charge in [0.25, 0.3) is 0 Å². The van der Waals surface area contributed by atoms with Crippen LogP contribution in [0.15, 0.2) is 0 Å². The highest BCUT2D eigenvalue weighted by molar-refractivity contribution is 4.88. The second-order valence-electron chi connectivity index (χ2n) is 4.51. The van der Waals surface area contributed by atoms with Crippen molar-refractivity contribution in [3.63, 3.8) is 0 Å². The van der Waals surface area contributed by atoms with E-state index in [9.17, 15) is 0 Å². The summed E-state index contributed by atoms with van der Waals surface area (Å²) in [4.78, 5) is 2.77. The first-order chi connectivity index (χ1) is 6.42. The van der Waals surface area contributed by atoms with Gasteiger partial charge in [-0.3, -0.25) is 4.90 Å². The van der Waals surface area contributed by atoms with Crippen LogP contribution >= 0.6 is 0 Å². The molecule has 2 heterocycles. The van der Waals surface area contributed by atoms with Crippen LogP contribution in [-0.2, 0) is 0 Å². The molecule has 0 aliphatic carbocycles. The Balaban J connectivity index is 1.90. The fraction of sp³-hybridized carbons (Fsp3) is 1.00. The standard InChI is InChI=1S/C11H22N2/c1-12-8-9-13-10-4-2-5-11(13)7-3-6-10/h10-12H,2-9H2,1H3. The van der Waals surface area contributed by atoms with Crippen LogP contribution in [0.5, 0.6) is 0 Å². The van der Waals surface area contributed by atoms with Crippen molar-refractivity contribution in [3.8, 4) is 0 Å². The van der Waals surface area contributed by atoms with Gasteiger partial charge in [-0.05, 0) is 32.7 Å². The quantitative estimate of drug-likeness (QED) is 0.713. The second kappa shape index (κ2) is 4.43. The van der Waals surface area contributed by atoms with Crippen molar-refractivity contribution < 1.29 is 0 Å². The number of rotatable bonds is 3. The Labute approximate surface area is 81.7 Å². The maximum absolute atomic E-state index is 3.26. The zero-order chi connectivity index (χ0) is 9.10. The van der Waals surface area contributed by atoms with E-state index in [1.54, 1.807) is 0 Å². The van der Waals surface area contributed by atoms with Gasteiger partial charge in [-0.1, -0.05) is 12.8 Å². The van der Waals surface area contributed by atoms with Gasteiger partial charge < -0.3 is 5.32 Å². The number of nitrogens with one attached hydrogen (secondary N) is 1. The summed E-state index contributed by atoms with van der Waals surface area (Å²) in [6.45, 7) is 2.43. The second-order valence-corrected chi connectivity index (χ2v) is 4.51. The molecule has 0 aromatic heterocycles. The molecule has 0 aromatic carbocycles. The van der Waals surface area contributed by atoms with Crippen LogP contribution in [-0.4, -0.2) is 37.1 Å². The summed E-state index contributed by atoms with van der Waals surface area (Å²) in [5.74, 6) is 0. The molecule has 76 valence electrons. The van der Waals surface area contributed by atoms with Crippen LogP contribution < -0.4 is 5.32 Å². The number of hydrogen-bond acceptors (Lipinski definition) is 2. The molecule has 0 aromatic rings. The third-order valence-electron chi connectivity index (χ3n) is 3.71. The largest absolute Gasteiger partial charge is 0.318 e. The van der Waals surface area contributed by atoms with E-state index in [2.05, 4.69) is 17.3 Å². The van der Waals surface area contributed by atoms with Gasteiger partial charge >= 0.3 is 0 Å². The Morgan fingerprint density at radius 1 is 1.08 bits per heavy atom. The van der Waals surface area contributed by atoms with E-state index in [0.717, 1.165) is 18.6 Å². The summed E-state index contributed by atoms with van der Waals surface area (Å²) in [6.07, 6.45) is 8.79. The highest BCUT2D eigenvalue weighted by Crippen LogP contribution is 2.33. The Hall–Kier alpha value is -0.0800. The monoisotopic (exact) mass is 182 g/mol. The van der Waals surface area contributed by atoms with Gasteiger partial charge in [0.05, 0.1) is 0 Å². The summed E-state index contributed by atoms with van der Waals surface area (Å²) in [5.41, 5.74) is 0. The molecule has 0 saturated carbocycles. The fourth-order valence-electron chi connectivity index (χ4n) is 3.03. The summed E-state index contributed by atoms with van der Waals surface area (Å²) in [6, 6.07) is 1.86. The minimum absolute atomic E-state index is 0.931. The molecule has 0 spiro atoms. The normalized spacial score (nSPS) is 34.8. The van der Waals surface area contributed by atoms with Crippen LogP contribution in [0.4, 0.5) is 0 Å². The minimum atomic E-state index is 0.931. The van der Waals surface area contributed by atoms with Gasteiger partial charge in [0.15, 0.2) is 0 Å². The van der Waals surface area contributed by atoms with E-state index < -0.39 is 0 Å². The summed E-state index contributed by atoms with van der Waals surface area (Å²) >= 11 is 0. The number of likely N-dealkylation sites (N-methyl/N-ethyl adjacent to an activating group) is 1. The molecule has 13 heavy (non-hydrogen) atoms. The van der Waals surface area contributed by atoms with E-state index in [0.29, 0.717) is 0 Å². The van der Waals surface area contributed by atoms with Gasteiger partial charge in [0.1, 0.15) is 0 Å². The van der Waals surface area contributed by atoms with Crippen molar-refractivity contribution in [1.29, 1.82) is 0 Å². The van der Waals surface area contributed by atoms with E-state index in [1.807, 2.05) is 0 Å². The lowest BCUT2D eigenvalue weighted by Crippen LogP contribution is -2.51. The average Bonchev–Trinajstić information content (AvgIpc) is 2.14. The lowest BCUT2D eigenvalue weighted by atomic mass is 9.84. The number of nitrogens with zero attached hydrogens (tertiary/aromatic N) is 1. The van der Waals surface area contributed by atoms with Crippen molar-refractivity contribution >= 4 is 0 Å². The molecule has 1 N–H and O–H groups in total. The fourth-order valence-corrected chi connectivity index (χ4v) is 3.03. The maximum atomic E-state index is 3.26. The van der Waals surface area contributed by atoms with Gasteiger partial charge in [-0.25, -0.2) is 0 Å². The molecule has 0 unspecified atom stereocenters.